The number of carbonyl (C=O) groups excluding carboxylic acids is 2. The standard InChI is InChI=1S/C13H16N4O2/c1-7-11(9(3)18)8(2)15-12(7)13(19)16-10-5-14-17(4)6-10/h5-6,15H,1-4H3,(H,16,19). The molecule has 0 bridgehead atoms. The molecule has 0 atom stereocenters. The zero-order valence-electron chi connectivity index (χ0n) is 11.4. The molecule has 0 saturated carbocycles. The van der Waals surface area contributed by atoms with Crippen molar-refractivity contribution in [3.05, 3.63) is 34.9 Å². The Morgan fingerprint density at radius 3 is 2.53 bits per heavy atom. The third kappa shape index (κ3) is 2.42. The summed E-state index contributed by atoms with van der Waals surface area (Å²) in [4.78, 5) is 26.6. The van der Waals surface area contributed by atoms with Crippen LogP contribution in [0, 0.1) is 13.8 Å². The van der Waals surface area contributed by atoms with Crippen LogP contribution in [0.5, 0.6) is 0 Å². The molecule has 100 valence electrons. The van der Waals surface area contributed by atoms with E-state index < -0.39 is 0 Å². The van der Waals surface area contributed by atoms with Gasteiger partial charge >= 0.3 is 0 Å². The second kappa shape index (κ2) is 4.72. The Hall–Kier alpha value is -2.37. The van der Waals surface area contributed by atoms with Crippen molar-refractivity contribution in [1.29, 1.82) is 0 Å². The quantitative estimate of drug-likeness (QED) is 0.826. The van der Waals surface area contributed by atoms with Crippen molar-refractivity contribution in [3.63, 3.8) is 0 Å². The predicted octanol–water partition coefficient (Wildman–Crippen LogP) is 1.82. The minimum absolute atomic E-state index is 0.0494. The van der Waals surface area contributed by atoms with Gasteiger partial charge in [-0.25, -0.2) is 0 Å². The molecule has 1 amide bonds. The van der Waals surface area contributed by atoms with Crippen molar-refractivity contribution in [3.8, 4) is 0 Å². The summed E-state index contributed by atoms with van der Waals surface area (Å²) in [6.45, 7) is 5.04. The average Bonchev–Trinajstić information content (AvgIpc) is 2.82. The molecule has 0 unspecified atom stereocenters. The summed E-state index contributed by atoms with van der Waals surface area (Å²) in [6.07, 6.45) is 3.27. The Labute approximate surface area is 110 Å². The van der Waals surface area contributed by atoms with Crippen molar-refractivity contribution in [2.45, 2.75) is 20.8 Å². The van der Waals surface area contributed by atoms with Crippen LogP contribution in [0.1, 0.15) is 39.0 Å². The number of anilines is 1. The van der Waals surface area contributed by atoms with Crippen LogP contribution in [-0.4, -0.2) is 26.5 Å². The second-order valence-corrected chi connectivity index (χ2v) is 4.54. The van der Waals surface area contributed by atoms with Crippen molar-refractivity contribution in [2.75, 3.05) is 5.32 Å². The monoisotopic (exact) mass is 260 g/mol. The van der Waals surface area contributed by atoms with Crippen LogP contribution in [0.3, 0.4) is 0 Å². The number of Topliss-reactive ketones (excluding diaryl/α,β-unsaturated/α-hetero) is 1. The maximum atomic E-state index is 12.1. The average molecular weight is 260 g/mol. The van der Waals surface area contributed by atoms with Gasteiger partial charge in [0, 0.05) is 24.5 Å². The molecule has 2 N–H and O–H groups in total. The Morgan fingerprint density at radius 2 is 2.05 bits per heavy atom. The molecule has 0 aliphatic carbocycles. The summed E-state index contributed by atoms with van der Waals surface area (Å²) < 4.78 is 1.60. The molecule has 0 saturated heterocycles. The SMILES string of the molecule is CC(=O)c1c(C)[nH]c(C(=O)Nc2cnn(C)c2)c1C. The van der Waals surface area contributed by atoms with Crippen LogP contribution in [0.25, 0.3) is 0 Å². The van der Waals surface area contributed by atoms with E-state index in [0.29, 0.717) is 28.2 Å². The molecule has 19 heavy (non-hydrogen) atoms. The Bertz CT molecular complexity index is 652. The van der Waals surface area contributed by atoms with E-state index in [-0.39, 0.29) is 11.7 Å². The van der Waals surface area contributed by atoms with E-state index in [2.05, 4.69) is 15.4 Å². The third-order valence-corrected chi connectivity index (χ3v) is 2.98. The maximum Gasteiger partial charge on any atom is 0.272 e. The highest BCUT2D eigenvalue weighted by Gasteiger charge is 2.19. The molecule has 0 aliphatic rings. The second-order valence-electron chi connectivity index (χ2n) is 4.54. The summed E-state index contributed by atoms with van der Waals surface area (Å²) in [5.74, 6) is -0.326. The van der Waals surface area contributed by atoms with Gasteiger partial charge in [-0.05, 0) is 26.3 Å². The van der Waals surface area contributed by atoms with E-state index in [1.165, 1.54) is 6.92 Å². The van der Waals surface area contributed by atoms with E-state index in [9.17, 15) is 9.59 Å². The minimum Gasteiger partial charge on any atom is -0.354 e. The molecule has 0 fully saturated rings. The molecular weight excluding hydrogens is 244 g/mol. The van der Waals surface area contributed by atoms with E-state index in [0.717, 1.165) is 0 Å². The number of rotatable bonds is 3. The lowest BCUT2D eigenvalue weighted by atomic mass is 10.1. The fraction of sp³-hybridized carbons (Fsp3) is 0.308. The first-order valence-corrected chi connectivity index (χ1v) is 5.90. The molecule has 2 rings (SSSR count). The molecule has 0 spiro atoms. The molecule has 6 heteroatoms. The summed E-state index contributed by atoms with van der Waals surface area (Å²) in [5, 5.41) is 6.71. The number of H-pyrrole nitrogens is 1. The van der Waals surface area contributed by atoms with Gasteiger partial charge in [0.25, 0.3) is 5.91 Å². The molecule has 6 nitrogen and oxygen atoms in total. The number of aryl methyl sites for hydroxylation is 2. The summed E-state index contributed by atoms with van der Waals surface area (Å²) in [7, 11) is 1.77. The van der Waals surface area contributed by atoms with E-state index >= 15 is 0 Å². The number of nitrogens with one attached hydrogen (secondary N) is 2. The van der Waals surface area contributed by atoms with Crippen LogP contribution in [0.4, 0.5) is 5.69 Å². The maximum absolute atomic E-state index is 12.1. The lowest BCUT2D eigenvalue weighted by Gasteiger charge is -2.01. The van der Waals surface area contributed by atoms with Crippen LogP contribution >= 0.6 is 0 Å². The van der Waals surface area contributed by atoms with Crippen LogP contribution in [-0.2, 0) is 7.05 Å². The molecular formula is C13H16N4O2. The zero-order valence-corrected chi connectivity index (χ0v) is 11.4. The normalized spacial score (nSPS) is 10.5. The molecule has 0 radical (unpaired) electrons. The first-order chi connectivity index (χ1) is 8.90. The molecule has 2 aromatic rings. The highest BCUT2D eigenvalue weighted by molar-refractivity contribution is 6.07. The smallest absolute Gasteiger partial charge is 0.272 e. The first-order valence-electron chi connectivity index (χ1n) is 5.90. The zero-order chi connectivity index (χ0) is 14.2. The third-order valence-electron chi connectivity index (χ3n) is 2.98. The number of hydrogen-bond donors (Lipinski definition) is 2. The number of hydrogen-bond acceptors (Lipinski definition) is 3. The number of aromatic amines is 1. The lowest BCUT2D eigenvalue weighted by Crippen LogP contribution is -2.13. The predicted molar refractivity (Wildman–Crippen MR) is 71.4 cm³/mol. The number of amides is 1. The molecule has 2 heterocycles. The topological polar surface area (TPSA) is 79.8 Å². The van der Waals surface area contributed by atoms with Gasteiger partial charge in [-0.3, -0.25) is 14.3 Å². The van der Waals surface area contributed by atoms with Crippen molar-refractivity contribution in [2.24, 2.45) is 7.05 Å². The number of carbonyl (C=O) groups is 2. The minimum atomic E-state index is -0.277. The molecule has 2 aromatic heterocycles. The fourth-order valence-electron chi connectivity index (χ4n) is 2.18. The molecule has 0 aromatic carbocycles. The fourth-order valence-corrected chi connectivity index (χ4v) is 2.18. The highest BCUT2D eigenvalue weighted by atomic mass is 16.2. The number of aromatic nitrogens is 3. The van der Waals surface area contributed by atoms with E-state index in [1.807, 2.05) is 0 Å². The van der Waals surface area contributed by atoms with Gasteiger partial charge in [0.2, 0.25) is 0 Å². The Morgan fingerprint density at radius 1 is 1.37 bits per heavy atom. The van der Waals surface area contributed by atoms with Gasteiger partial charge in [-0.2, -0.15) is 5.10 Å². The van der Waals surface area contributed by atoms with Gasteiger partial charge < -0.3 is 10.3 Å². The summed E-state index contributed by atoms with van der Waals surface area (Å²) in [5.41, 5.74) is 2.99. The largest absolute Gasteiger partial charge is 0.354 e. The lowest BCUT2D eigenvalue weighted by molar-refractivity contribution is 0.101. The van der Waals surface area contributed by atoms with Gasteiger partial charge in [-0.1, -0.05) is 0 Å². The summed E-state index contributed by atoms with van der Waals surface area (Å²) >= 11 is 0. The van der Waals surface area contributed by atoms with Crippen LogP contribution in [0.2, 0.25) is 0 Å². The van der Waals surface area contributed by atoms with Crippen molar-refractivity contribution < 1.29 is 9.59 Å². The van der Waals surface area contributed by atoms with Crippen molar-refractivity contribution in [1.82, 2.24) is 14.8 Å². The van der Waals surface area contributed by atoms with E-state index in [4.69, 9.17) is 0 Å². The van der Waals surface area contributed by atoms with Gasteiger partial charge in [0.15, 0.2) is 5.78 Å². The van der Waals surface area contributed by atoms with Crippen LogP contribution in [0.15, 0.2) is 12.4 Å². The number of nitrogens with zero attached hydrogens (tertiary/aromatic N) is 2. The Kier molecular flexibility index (Phi) is 3.25. The first kappa shape index (κ1) is 13.1. The van der Waals surface area contributed by atoms with Gasteiger partial charge in [-0.15, -0.1) is 0 Å². The van der Waals surface area contributed by atoms with E-state index in [1.54, 1.807) is 38.0 Å². The van der Waals surface area contributed by atoms with Gasteiger partial charge in [0.05, 0.1) is 11.9 Å². The van der Waals surface area contributed by atoms with Crippen LogP contribution < -0.4 is 5.32 Å². The molecule has 0 aliphatic heterocycles. The van der Waals surface area contributed by atoms with Gasteiger partial charge in [0.1, 0.15) is 5.69 Å². The Balaban J connectivity index is 2.29. The number of ketones is 1. The highest BCUT2D eigenvalue weighted by Crippen LogP contribution is 2.19. The van der Waals surface area contributed by atoms with Crippen molar-refractivity contribution >= 4 is 17.4 Å². The summed E-state index contributed by atoms with van der Waals surface area (Å²) in [6, 6.07) is 0.